The van der Waals surface area contributed by atoms with Gasteiger partial charge in [-0.3, -0.25) is 15.0 Å². The molecule has 0 saturated carbocycles. The zero-order valence-corrected chi connectivity index (χ0v) is 14.4. The summed E-state index contributed by atoms with van der Waals surface area (Å²) >= 11 is 0. The average Bonchev–Trinajstić information content (AvgIpc) is 2.63. The van der Waals surface area contributed by atoms with Gasteiger partial charge in [0.05, 0.1) is 0 Å². The lowest BCUT2D eigenvalue weighted by atomic mass is 9.96. The number of hydrogen-bond donors (Lipinski definition) is 2. The van der Waals surface area contributed by atoms with Crippen LogP contribution in [0.2, 0.25) is 0 Å². The molecule has 0 spiro atoms. The number of carbonyl (C=O) groups excluding carboxylic acids is 2. The highest BCUT2D eigenvalue weighted by Crippen LogP contribution is 2.28. The molecule has 1 atom stereocenters. The Labute approximate surface area is 148 Å². The standard InChI is InChI=1S/C20H23N3O2/c1-2-21-20(25)22-19(24)18(16-9-4-3-5-10-16)23-13-12-15-8-6-7-11-17(15)14-23/h3-11,18H,2,12-14H2,1H3,(H2,21,22,24,25). The van der Waals surface area contributed by atoms with Gasteiger partial charge in [0.15, 0.2) is 0 Å². The second kappa shape index (κ2) is 7.94. The summed E-state index contributed by atoms with van der Waals surface area (Å²) in [7, 11) is 0. The number of nitrogens with zero attached hydrogens (tertiary/aromatic N) is 1. The monoisotopic (exact) mass is 337 g/mol. The summed E-state index contributed by atoms with van der Waals surface area (Å²) in [5.74, 6) is -0.295. The molecule has 1 aliphatic rings. The molecule has 0 bridgehead atoms. The third kappa shape index (κ3) is 4.06. The summed E-state index contributed by atoms with van der Waals surface area (Å²) < 4.78 is 0. The van der Waals surface area contributed by atoms with Crippen LogP contribution in [0, 0.1) is 0 Å². The van der Waals surface area contributed by atoms with E-state index in [9.17, 15) is 9.59 Å². The van der Waals surface area contributed by atoms with Crippen LogP contribution in [0.4, 0.5) is 4.79 Å². The van der Waals surface area contributed by atoms with E-state index in [2.05, 4.69) is 27.7 Å². The lowest BCUT2D eigenvalue weighted by Crippen LogP contribution is -2.47. The predicted molar refractivity (Wildman–Crippen MR) is 97.0 cm³/mol. The number of nitrogens with one attached hydrogen (secondary N) is 2. The molecule has 2 aromatic rings. The van der Waals surface area contributed by atoms with Gasteiger partial charge in [0.2, 0.25) is 5.91 Å². The van der Waals surface area contributed by atoms with Crippen molar-refractivity contribution >= 4 is 11.9 Å². The molecule has 0 aliphatic carbocycles. The Morgan fingerprint density at radius 3 is 2.44 bits per heavy atom. The highest BCUT2D eigenvalue weighted by Gasteiger charge is 2.31. The van der Waals surface area contributed by atoms with Crippen molar-refractivity contribution in [2.24, 2.45) is 0 Å². The van der Waals surface area contributed by atoms with Crippen molar-refractivity contribution in [2.75, 3.05) is 13.1 Å². The van der Waals surface area contributed by atoms with Crippen molar-refractivity contribution in [3.8, 4) is 0 Å². The van der Waals surface area contributed by atoms with Crippen LogP contribution in [0.25, 0.3) is 0 Å². The molecule has 25 heavy (non-hydrogen) atoms. The van der Waals surface area contributed by atoms with Crippen LogP contribution in [0.15, 0.2) is 54.6 Å². The number of hydrogen-bond acceptors (Lipinski definition) is 3. The minimum atomic E-state index is -0.489. The average molecular weight is 337 g/mol. The van der Waals surface area contributed by atoms with Gasteiger partial charge in [-0.2, -0.15) is 0 Å². The molecule has 0 saturated heterocycles. The van der Waals surface area contributed by atoms with Gasteiger partial charge in [0.25, 0.3) is 0 Å². The van der Waals surface area contributed by atoms with E-state index < -0.39 is 12.1 Å². The molecule has 5 heteroatoms. The number of amides is 3. The predicted octanol–water partition coefficient (Wildman–Crippen LogP) is 2.63. The van der Waals surface area contributed by atoms with Crippen LogP contribution in [0.1, 0.15) is 29.7 Å². The smallest absolute Gasteiger partial charge is 0.321 e. The first-order valence-corrected chi connectivity index (χ1v) is 8.63. The van der Waals surface area contributed by atoms with E-state index in [0.717, 1.165) is 18.5 Å². The molecule has 1 unspecified atom stereocenters. The normalized spacial score (nSPS) is 15.1. The molecular formula is C20H23N3O2. The molecule has 1 heterocycles. The highest BCUT2D eigenvalue weighted by molar-refractivity contribution is 5.97. The van der Waals surface area contributed by atoms with Crippen LogP contribution in [0.5, 0.6) is 0 Å². The molecule has 5 nitrogen and oxygen atoms in total. The number of carbonyl (C=O) groups is 2. The summed E-state index contributed by atoms with van der Waals surface area (Å²) in [6.45, 7) is 3.77. The molecule has 0 fully saturated rings. The summed E-state index contributed by atoms with van der Waals surface area (Å²) in [5.41, 5.74) is 3.46. The van der Waals surface area contributed by atoms with Gasteiger partial charge >= 0.3 is 6.03 Å². The molecule has 2 N–H and O–H groups in total. The van der Waals surface area contributed by atoms with Crippen LogP contribution in [-0.4, -0.2) is 29.9 Å². The second-order valence-electron chi connectivity index (χ2n) is 6.15. The Hall–Kier alpha value is -2.66. The van der Waals surface area contributed by atoms with Crippen LogP contribution >= 0.6 is 0 Å². The molecular weight excluding hydrogens is 314 g/mol. The van der Waals surface area contributed by atoms with Crippen molar-refractivity contribution in [1.82, 2.24) is 15.5 Å². The lowest BCUT2D eigenvalue weighted by molar-refractivity contribution is -0.126. The quantitative estimate of drug-likeness (QED) is 0.902. The zero-order valence-electron chi connectivity index (χ0n) is 14.4. The van der Waals surface area contributed by atoms with Crippen molar-refractivity contribution < 1.29 is 9.59 Å². The number of fused-ring (bicyclic) bond motifs is 1. The van der Waals surface area contributed by atoms with Crippen molar-refractivity contribution in [2.45, 2.75) is 25.9 Å². The first-order chi connectivity index (χ1) is 12.2. The van der Waals surface area contributed by atoms with Gasteiger partial charge < -0.3 is 5.32 Å². The van der Waals surface area contributed by atoms with Crippen LogP contribution < -0.4 is 10.6 Å². The Morgan fingerprint density at radius 2 is 1.72 bits per heavy atom. The fourth-order valence-electron chi connectivity index (χ4n) is 3.29. The summed E-state index contributed by atoms with van der Waals surface area (Å²) in [5, 5.41) is 5.08. The second-order valence-corrected chi connectivity index (χ2v) is 6.15. The maximum absolute atomic E-state index is 12.8. The summed E-state index contributed by atoms with van der Waals surface area (Å²) in [6.07, 6.45) is 0.897. The Bertz CT molecular complexity index is 746. The van der Waals surface area contributed by atoms with Gasteiger partial charge in [-0.15, -0.1) is 0 Å². The van der Waals surface area contributed by atoms with Gasteiger partial charge in [-0.1, -0.05) is 54.6 Å². The fraction of sp³-hybridized carbons (Fsp3) is 0.300. The molecule has 130 valence electrons. The minimum absolute atomic E-state index is 0.295. The van der Waals surface area contributed by atoms with Crippen molar-refractivity contribution in [1.29, 1.82) is 0 Å². The summed E-state index contributed by atoms with van der Waals surface area (Å²) in [4.78, 5) is 26.8. The third-order valence-electron chi connectivity index (χ3n) is 4.46. The molecule has 1 aliphatic heterocycles. The van der Waals surface area contributed by atoms with E-state index in [1.165, 1.54) is 11.1 Å². The number of urea groups is 1. The first kappa shape index (κ1) is 17.2. The summed E-state index contributed by atoms with van der Waals surface area (Å²) in [6, 6.07) is 17.0. The SMILES string of the molecule is CCNC(=O)NC(=O)C(c1ccccc1)N1CCc2ccccc2C1. The van der Waals surface area contributed by atoms with Gasteiger partial charge in [0, 0.05) is 19.6 Å². The van der Waals surface area contributed by atoms with Gasteiger partial charge in [-0.05, 0) is 30.0 Å². The largest absolute Gasteiger partial charge is 0.338 e. The van der Waals surface area contributed by atoms with E-state index >= 15 is 0 Å². The maximum Gasteiger partial charge on any atom is 0.321 e. The third-order valence-corrected chi connectivity index (χ3v) is 4.46. The minimum Gasteiger partial charge on any atom is -0.338 e. The maximum atomic E-state index is 12.8. The number of benzene rings is 2. The van der Waals surface area contributed by atoms with Gasteiger partial charge in [0.1, 0.15) is 6.04 Å². The van der Waals surface area contributed by atoms with E-state index in [0.29, 0.717) is 13.1 Å². The van der Waals surface area contributed by atoms with Gasteiger partial charge in [-0.25, -0.2) is 4.79 Å². The topological polar surface area (TPSA) is 61.4 Å². The Balaban J connectivity index is 1.85. The Morgan fingerprint density at radius 1 is 1.04 bits per heavy atom. The zero-order chi connectivity index (χ0) is 17.6. The van der Waals surface area contributed by atoms with Crippen LogP contribution in [-0.2, 0) is 17.8 Å². The lowest BCUT2D eigenvalue weighted by Gasteiger charge is -2.34. The van der Waals surface area contributed by atoms with E-state index in [1.807, 2.05) is 49.4 Å². The van der Waals surface area contributed by atoms with Crippen LogP contribution in [0.3, 0.4) is 0 Å². The molecule has 2 aromatic carbocycles. The number of rotatable bonds is 4. The first-order valence-electron chi connectivity index (χ1n) is 8.63. The molecule has 3 amide bonds. The van der Waals surface area contributed by atoms with E-state index in [-0.39, 0.29) is 5.91 Å². The van der Waals surface area contributed by atoms with E-state index in [4.69, 9.17) is 0 Å². The fourth-order valence-corrected chi connectivity index (χ4v) is 3.29. The van der Waals surface area contributed by atoms with E-state index in [1.54, 1.807) is 0 Å². The molecule has 0 radical (unpaired) electrons. The van der Waals surface area contributed by atoms with Crippen molar-refractivity contribution in [3.05, 3.63) is 71.3 Å². The molecule has 3 rings (SSSR count). The Kier molecular flexibility index (Phi) is 5.46. The number of imide groups is 1. The molecule has 0 aromatic heterocycles. The van der Waals surface area contributed by atoms with Crippen molar-refractivity contribution in [3.63, 3.8) is 0 Å². The highest BCUT2D eigenvalue weighted by atomic mass is 16.2.